The van der Waals surface area contributed by atoms with E-state index in [0.29, 0.717) is 28.2 Å². The third-order valence-electron chi connectivity index (χ3n) is 5.06. The summed E-state index contributed by atoms with van der Waals surface area (Å²) in [6.07, 6.45) is -3.11. The minimum atomic E-state index is -4.44. The summed E-state index contributed by atoms with van der Waals surface area (Å²) < 4.78 is 51.8. The van der Waals surface area contributed by atoms with Gasteiger partial charge in [0.2, 0.25) is 0 Å². The van der Waals surface area contributed by atoms with Crippen molar-refractivity contribution < 1.29 is 22.6 Å². The van der Waals surface area contributed by atoms with Gasteiger partial charge in [0.05, 0.1) is 28.4 Å². The van der Waals surface area contributed by atoms with Crippen molar-refractivity contribution in [2.24, 2.45) is 0 Å². The molecule has 0 saturated heterocycles. The van der Waals surface area contributed by atoms with Gasteiger partial charge < -0.3 is 14.8 Å². The molecule has 0 aliphatic rings. The summed E-state index contributed by atoms with van der Waals surface area (Å²) >= 11 is 1.54. The van der Waals surface area contributed by atoms with E-state index in [1.54, 1.807) is 12.1 Å². The minimum Gasteiger partial charge on any atom is -0.493 e. The van der Waals surface area contributed by atoms with E-state index >= 15 is 0 Å². The fraction of sp³-hybridized carbons (Fsp3) is 0.125. The second kappa shape index (κ2) is 8.79. The molecule has 0 spiro atoms. The Labute approximate surface area is 196 Å². The number of rotatable bonds is 6. The molecular formula is C24H17F3N4O2S. The number of alkyl halides is 3. The summed E-state index contributed by atoms with van der Waals surface area (Å²) in [4.78, 5) is 13.1. The van der Waals surface area contributed by atoms with Gasteiger partial charge in [-0.2, -0.15) is 13.2 Å². The summed E-state index contributed by atoms with van der Waals surface area (Å²) in [6.45, 7) is 0.227. The molecule has 0 bridgehead atoms. The highest BCUT2D eigenvalue weighted by molar-refractivity contribution is 7.18. The van der Waals surface area contributed by atoms with Gasteiger partial charge in [0.15, 0.2) is 11.5 Å². The van der Waals surface area contributed by atoms with E-state index in [1.165, 1.54) is 36.9 Å². The molecule has 2 heterocycles. The first-order valence-corrected chi connectivity index (χ1v) is 11.0. The third kappa shape index (κ3) is 4.44. The molecule has 10 heteroatoms. The maximum absolute atomic E-state index is 13.1. The lowest BCUT2D eigenvalue weighted by Gasteiger charge is -2.14. The first kappa shape index (κ1) is 21.9. The number of benzene rings is 3. The Kier molecular flexibility index (Phi) is 5.66. The number of anilines is 2. The summed E-state index contributed by atoms with van der Waals surface area (Å²) in [5.74, 6) is 1.25. The van der Waals surface area contributed by atoms with Gasteiger partial charge in [0.25, 0.3) is 0 Å². The van der Waals surface area contributed by atoms with Crippen molar-refractivity contribution in [3.63, 3.8) is 0 Å². The number of nitrogens with one attached hydrogen (secondary N) is 1. The number of hydrogen-bond acceptors (Lipinski definition) is 7. The quantitative estimate of drug-likeness (QED) is 0.295. The first-order valence-electron chi connectivity index (χ1n) is 10.1. The van der Waals surface area contributed by atoms with Crippen LogP contribution in [0.3, 0.4) is 0 Å². The Morgan fingerprint density at radius 2 is 1.79 bits per heavy atom. The molecule has 172 valence electrons. The number of para-hydroxylation sites is 1. The Balaban J connectivity index is 1.46. The molecule has 0 unspecified atom stereocenters. The van der Waals surface area contributed by atoms with Gasteiger partial charge in [-0.25, -0.2) is 15.0 Å². The fourth-order valence-corrected chi connectivity index (χ4v) is 4.35. The maximum Gasteiger partial charge on any atom is 0.416 e. The third-order valence-corrected chi connectivity index (χ3v) is 6.07. The summed E-state index contributed by atoms with van der Waals surface area (Å²) in [5.41, 5.74) is 0.950. The van der Waals surface area contributed by atoms with E-state index in [-0.39, 0.29) is 12.3 Å². The van der Waals surface area contributed by atoms with Gasteiger partial charge in [0.1, 0.15) is 23.8 Å². The van der Waals surface area contributed by atoms with Crippen LogP contribution in [-0.2, 0) is 12.8 Å². The lowest BCUT2D eigenvalue weighted by molar-refractivity contribution is -0.137. The predicted molar refractivity (Wildman–Crippen MR) is 125 cm³/mol. The molecular weight excluding hydrogens is 465 g/mol. The molecule has 0 saturated carbocycles. The minimum absolute atomic E-state index is 0.227. The number of aromatic nitrogens is 3. The van der Waals surface area contributed by atoms with Crippen molar-refractivity contribution in [2.75, 3.05) is 12.4 Å². The molecule has 0 aliphatic carbocycles. The average Bonchev–Trinajstić information content (AvgIpc) is 3.25. The predicted octanol–water partition coefficient (Wildman–Crippen LogP) is 6.59. The Bertz CT molecular complexity index is 1450. The highest BCUT2D eigenvalue weighted by Crippen LogP contribution is 2.36. The average molecular weight is 482 g/mol. The summed E-state index contributed by atoms with van der Waals surface area (Å²) in [6, 6.07) is 16.1. The smallest absolute Gasteiger partial charge is 0.416 e. The van der Waals surface area contributed by atoms with E-state index in [2.05, 4.69) is 20.3 Å². The number of fused-ring (bicyclic) bond motifs is 2. The molecule has 0 amide bonds. The monoisotopic (exact) mass is 482 g/mol. The van der Waals surface area contributed by atoms with Crippen molar-refractivity contribution in [2.45, 2.75) is 12.8 Å². The number of nitrogens with zero attached hydrogens (tertiary/aromatic N) is 3. The Hall–Kier alpha value is -3.92. The van der Waals surface area contributed by atoms with Gasteiger partial charge in [-0.1, -0.05) is 18.2 Å². The zero-order valence-corrected chi connectivity index (χ0v) is 18.6. The van der Waals surface area contributed by atoms with E-state index in [4.69, 9.17) is 9.47 Å². The highest BCUT2D eigenvalue weighted by Gasteiger charge is 2.30. The van der Waals surface area contributed by atoms with Crippen LogP contribution >= 0.6 is 11.3 Å². The molecule has 1 N–H and O–H groups in total. The van der Waals surface area contributed by atoms with Crippen molar-refractivity contribution in [3.05, 3.63) is 77.6 Å². The normalized spacial score (nSPS) is 11.6. The van der Waals surface area contributed by atoms with Gasteiger partial charge in [0, 0.05) is 17.1 Å². The summed E-state index contributed by atoms with van der Waals surface area (Å²) in [7, 11) is 1.52. The molecule has 0 atom stereocenters. The van der Waals surface area contributed by atoms with E-state index in [9.17, 15) is 13.2 Å². The van der Waals surface area contributed by atoms with Crippen LogP contribution in [0.2, 0.25) is 0 Å². The molecule has 0 fully saturated rings. The van der Waals surface area contributed by atoms with Crippen molar-refractivity contribution in [3.8, 4) is 11.5 Å². The standard InChI is InChI=1S/C24H17F3N4O2S/c1-32-19-11-18-16(10-20(19)33-12-22-31-17-7-2-3-8-21(17)34-22)23(29-13-28-18)30-15-6-4-5-14(9-15)24(25,26)27/h2-11,13H,12H2,1H3,(H,28,29,30). The summed E-state index contributed by atoms with van der Waals surface area (Å²) in [5, 5.41) is 4.33. The number of methoxy groups -OCH3 is 1. The van der Waals surface area contributed by atoms with Crippen molar-refractivity contribution >= 4 is 44.0 Å². The van der Waals surface area contributed by atoms with Gasteiger partial charge in [-0.15, -0.1) is 11.3 Å². The molecule has 0 radical (unpaired) electrons. The largest absolute Gasteiger partial charge is 0.493 e. The second-order valence-corrected chi connectivity index (χ2v) is 8.43. The Morgan fingerprint density at radius 1 is 0.941 bits per heavy atom. The number of thiazole rings is 1. The number of halogens is 3. The molecule has 0 aliphatic heterocycles. The second-order valence-electron chi connectivity index (χ2n) is 7.31. The SMILES string of the molecule is COc1cc2ncnc(Nc3cccc(C(F)(F)F)c3)c2cc1OCc1nc2ccccc2s1. The zero-order valence-electron chi connectivity index (χ0n) is 17.8. The fourth-order valence-electron chi connectivity index (χ4n) is 3.47. The molecule has 34 heavy (non-hydrogen) atoms. The molecule has 5 rings (SSSR count). The Morgan fingerprint density at radius 3 is 2.59 bits per heavy atom. The topological polar surface area (TPSA) is 69.2 Å². The molecule has 5 aromatic rings. The van der Waals surface area contributed by atoms with E-state index < -0.39 is 11.7 Å². The highest BCUT2D eigenvalue weighted by atomic mass is 32.1. The van der Waals surface area contributed by atoms with Crippen LogP contribution < -0.4 is 14.8 Å². The van der Waals surface area contributed by atoms with Gasteiger partial charge in [-0.3, -0.25) is 0 Å². The van der Waals surface area contributed by atoms with E-state index in [1.807, 2.05) is 24.3 Å². The lowest BCUT2D eigenvalue weighted by Crippen LogP contribution is -2.05. The molecule has 3 aromatic carbocycles. The van der Waals surface area contributed by atoms with Crippen LogP contribution in [0.1, 0.15) is 10.6 Å². The molecule has 6 nitrogen and oxygen atoms in total. The van der Waals surface area contributed by atoms with Crippen LogP contribution in [0.4, 0.5) is 24.7 Å². The molecule has 2 aromatic heterocycles. The lowest BCUT2D eigenvalue weighted by atomic mass is 10.1. The number of hydrogen-bond donors (Lipinski definition) is 1. The van der Waals surface area contributed by atoms with Gasteiger partial charge in [-0.05, 0) is 36.4 Å². The zero-order chi connectivity index (χ0) is 23.7. The van der Waals surface area contributed by atoms with Gasteiger partial charge >= 0.3 is 6.18 Å². The van der Waals surface area contributed by atoms with Crippen LogP contribution in [0.25, 0.3) is 21.1 Å². The first-order chi connectivity index (χ1) is 16.4. The van der Waals surface area contributed by atoms with Crippen LogP contribution in [-0.4, -0.2) is 22.1 Å². The van der Waals surface area contributed by atoms with Crippen LogP contribution in [0.15, 0.2) is 67.0 Å². The van der Waals surface area contributed by atoms with Crippen molar-refractivity contribution in [1.29, 1.82) is 0 Å². The van der Waals surface area contributed by atoms with Crippen LogP contribution in [0, 0.1) is 0 Å². The van der Waals surface area contributed by atoms with Crippen LogP contribution in [0.5, 0.6) is 11.5 Å². The van der Waals surface area contributed by atoms with E-state index in [0.717, 1.165) is 27.4 Å². The van der Waals surface area contributed by atoms with Crippen molar-refractivity contribution in [1.82, 2.24) is 15.0 Å². The number of ether oxygens (including phenoxy) is 2. The maximum atomic E-state index is 13.1.